The Hall–Kier alpha value is -2.57. The molecule has 148 valence electrons. The molecule has 6 rings (SSSR count). The fraction of sp³-hybridized carbons (Fsp3) is 0.348. The fourth-order valence-electron chi connectivity index (χ4n) is 5.13. The highest BCUT2D eigenvalue weighted by Crippen LogP contribution is 2.41. The van der Waals surface area contributed by atoms with Gasteiger partial charge in [0, 0.05) is 66.8 Å². The largest absolute Gasteiger partial charge is 0.365 e. The molecule has 2 saturated heterocycles. The molecule has 3 aromatic rings. The number of hydrogen-bond donors (Lipinski definition) is 1. The highest BCUT2D eigenvalue weighted by Gasteiger charge is 2.33. The molecule has 2 amide bonds. The van der Waals surface area contributed by atoms with E-state index < -0.39 is 0 Å². The van der Waals surface area contributed by atoms with Crippen LogP contribution in [0.5, 0.6) is 0 Å². The number of anilines is 2. The number of amides is 2. The van der Waals surface area contributed by atoms with Crippen LogP contribution in [-0.2, 0) is 13.0 Å². The maximum Gasteiger partial charge on any atom is 0.321 e. The van der Waals surface area contributed by atoms with Crippen molar-refractivity contribution in [2.24, 2.45) is 0 Å². The van der Waals surface area contributed by atoms with Gasteiger partial charge in [-0.1, -0.05) is 18.2 Å². The third-order valence-corrected chi connectivity index (χ3v) is 7.47. The molecular formula is C23H24N4OS. The SMILES string of the molecule is O=C1NCCN1c1cccc(CN2CCN3c4cccc5scc(c45)CC3C2)c1. The van der Waals surface area contributed by atoms with Crippen molar-refractivity contribution in [2.75, 3.05) is 42.5 Å². The molecule has 2 fully saturated rings. The lowest BCUT2D eigenvalue weighted by molar-refractivity contribution is 0.213. The Morgan fingerprint density at radius 2 is 2.03 bits per heavy atom. The van der Waals surface area contributed by atoms with Gasteiger partial charge in [-0.15, -0.1) is 11.3 Å². The molecule has 1 atom stereocenters. The van der Waals surface area contributed by atoms with E-state index in [0.717, 1.165) is 51.4 Å². The first-order chi connectivity index (χ1) is 14.3. The quantitative estimate of drug-likeness (QED) is 0.724. The number of carbonyl (C=O) groups excluding carboxylic acids is 1. The van der Waals surface area contributed by atoms with Crippen molar-refractivity contribution in [3.8, 4) is 0 Å². The summed E-state index contributed by atoms with van der Waals surface area (Å²) in [5, 5.41) is 6.73. The van der Waals surface area contributed by atoms with E-state index in [2.05, 4.69) is 56.9 Å². The number of nitrogens with one attached hydrogen (secondary N) is 1. The van der Waals surface area contributed by atoms with Crippen LogP contribution in [0.3, 0.4) is 0 Å². The normalized spacial score (nSPS) is 21.5. The molecule has 5 nitrogen and oxygen atoms in total. The highest BCUT2D eigenvalue weighted by atomic mass is 32.1. The first-order valence-corrected chi connectivity index (χ1v) is 11.3. The highest BCUT2D eigenvalue weighted by molar-refractivity contribution is 7.17. The summed E-state index contributed by atoms with van der Waals surface area (Å²) in [5.74, 6) is 0. The third-order valence-electron chi connectivity index (χ3n) is 6.47. The summed E-state index contributed by atoms with van der Waals surface area (Å²) in [5.41, 5.74) is 5.23. The van der Waals surface area contributed by atoms with Gasteiger partial charge in [-0.2, -0.15) is 0 Å². The van der Waals surface area contributed by atoms with Crippen molar-refractivity contribution in [2.45, 2.75) is 19.0 Å². The van der Waals surface area contributed by atoms with Gasteiger partial charge in [0.05, 0.1) is 0 Å². The van der Waals surface area contributed by atoms with Crippen molar-refractivity contribution in [3.63, 3.8) is 0 Å². The van der Waals surface area contributed by atoms with Crippen LogP contribution < -0.4 is 15.1 Å². The molecule has 1 unspecified atom stereocenters. The second-order valence-corrected chi connectivity index (χ2v) is 9.16. The first-order valence-electron chi connectivity index (χ1n) is 10.4. The minimum Gasteiger partial charge on any atom is -0.365 e. The topological polar surface area (TPSA) is 38.8 Å². The predicted molar refractivity (Wildman–Crippen MR) is 119 cm³/mol. The van der Waals surface area contributed by atoms with Crippen LogP contribution in [0, 0.1) is 0 Å². The van der Waals surface area contributed by atoms with Gasteiger partial charge in [0.1, 0.15) is 0 Å². The Labute approximate surface area is 174 Å². The summed E-state index contributed by atoms with van der Waals surface area (Å²) < 4.78 is 1.42. The number of benzene rings is 2. The number of urea groups is 1. The number of carbonyl (C=O) groups is 1. The molecule has 0 bridgehead atoms. The monoisotopic (exact) mass is 404 g/mol. The van der Waals surface area contributed by atoms with Gasteiger partial charge < -0.3 is 10.2 Å². The van der Waals surface area contributed by atoms with Crippen LogP contribution in [0.25, 0.3) is 10.1 Å². The average molecular weight is 405 g/mol. The maximum atomic E-state index is 12.0. The fourth-order valence-corrected chi connectivity index (χ4v) is 6.13. The second-order valence-electron chi connectivity index (χ2n) is 8.25. The van der Waals surface area contributed by atoms with Crippen molar-refractivity contribution >= 4 is 38.8 Å². The van der Waals surface area contributed by atoms with Gasteiger partial charge in [0.25, 0.3) is 0 Å². The summed E-state index contributed by atoms with van der Waals surface area (Å²) in [6, 6.07) is 15.8. The second kappa shape index (κ2) is 6.75. The predicted octanol–water partition coefficient (Wildman–Crippen LogP) is 3.68. The van der Waals surface area contributed by atoms with Crippen LogP contribution in [0.2, 0.25) is 0 Å². The minimum atomic E-state index is 0.0127. The molecule has 0 saturated carbocycles. The van der Waals surface area contributed by atoms with Crippen LogP contribution in [0.4, 0.5) is 16.2 Å². The molecule has 0 spiro atoms. The molecule has 3 aliphatic rings. The van der Waals surface area contributed by atoms with E-state index in [1.165, 1.54) is 26.9 Å². The summed E-state index contributed by atoms with van der Waals surface area (Å²) in [6.07, 6.45) is 1.14. The Balaban J connectivity index is 1.20. The molecule has 1 aromatic heterocycles. The van der Waals surface area contributed by atoms with Crippen molar-refractivity contribution < 1.29 is 4.79 Å². The van der Waals surface area contributed by atoms with Gasteiger partial charge in [-0.3, -0.25) is 9.80 Å². The molecule has 3 aliphatic heterocycles. The minimum absolute atomic E-state index is 0.0127. The molecule has 6 heteroatoms. The Morgan fingerprint density at radius 3 is 2.93 bits per heavy atom. The van der Waals surface area contributed by atoms with Crippen LogP contribution >= 0.6 is 11.3 Å². The van der Waals surface area contributed by atoms with Crippen molar-refractivity contribution in [3.05, 3.63) is 59.0 Å². The number of rotatable bonds is 3. The van der Waals surface area contributed by atoms with Gasteiger partial charge >= 0.3 is 6.03 Å². The average Bonchev–Trinajstić information content (AvgIpc) is 3.35. The lowest BCUT2D eigenvalue weighted by atomic mass is 9.94. The maximum absolute atomic E-state index is 12.0. The molecule has 1 N–H and O–H groups in total. The number of fused-ring (bicyclic) bond motifs is 2. The van der Waals surface area contributed by atoms with E-state index in [-0.39, 0.29) is 6.03 Å². The van der Waals surface area contributed by atoms with Gasteiger partial charge in [-0.05, 0) is 47.2 Å². The van der Waals surface area contributed by atoms with Crippen LogP contribution in [0.1, 0.15) is 11.1 Å². The van der Waals surface area contributed by atoms with E-state index in [9.17, 15) is 4.79 Å². The van der Waals surface area contributed by atoms with E-state index in [1.807, 2.05) is 22.3 Å². The number of hydrogen-bond acceptors (Lipinski definition) is 4. The summed E-state index contributed by atoms with van der Waals surface area (Å²) >= 11 is 1.88. The van der Waals surface area contributed by atoms with Gasteiger partial charge in [-0.25, -0.2) is 4.79 Å². The zero-order chi connectivity index (χ0) is 19.4. The van der Waals surface area contributed by atoms with E-state index in [0.29, 0.717) is 6.04 Å². The van der Waals surface area contributed by atoms with Gasteiger partial charge in [0.2, 0.25) is 0 Å². The lowest BCUT2D eigenvalue weighted by Gasteiger charge is -2.45. The molecular weight excluding hydrogens is 380 g/mol. The molecule has 0 aliphatic carbocycles. The van der Waals surface area contributed by atoms with Crippen LogP contribution in [-0.4, -0.2) is 49.7 Å². The van der Waals surface area contributed by atoms with E-state index in [4.69, 9.17) is 0 Å². The smallest absolute Gasteiger partial charge is 0.321 e. The molecule has 0 radical (unpaired) electrons. The van der Waals surface area contributed by atoms with Crippen LogP contribution in [0.15, 0.2) is 47.8 Å². The van der Waals surface area contributed by atoms with Crippen molar-refractivity contribution in [1.82, 2.24) is 10.2 Å². The summed E-state index contributed by atoms with van der Waals surface area (Å²) in [7, 11) is 0. The zero-order valence-electron chi connectivity index (χ0n) is 16.3. The van der Waals surface area contributed by atoms with Gasteiger partial charge in [0.15, 0.2) is 0 Å². The number of thiophene rings is 1. The zero-order valence-corrected chi connectivity index (χ0v) is 17.1. The molecule has 29 heavy (non-hydrogen) atoms. The number of piperazine rings is 1. The number of nitrogens with zero attached hydrogens (tertiary/aromatic N) is 3. The molecule has 2 aromatic carbocycles. The Bertz CT molecular complexity index is 1090. The van der Waals surface area contributed by atoms with E-state index >= 15 is 0 Å². The standard InChI is InChI=1S/C23H24N4OS/c28-23-24-7-8-27(23)18-4-1-3-16(11-18)13-25-9-10-26-19(14-25)12-17-15-29-21-6-2-5-20(26)22(17)21/h1-6,11,15,19H,7-10,12-14H2,(H,24,28). The third kappa shape index (κ3) is 2.90. The Kier molecular flexibility index (Phi) is 4.03. The lowest BCUT2D eigenvalue weighted by Crippen LogP contribution is -2.54. The summed E-state index contributed by atoms with van der Waals surface area (Å²) in [4.78, 5) is 19.0. The summed E-state index contributed by atoms with van der Waals surface area (Å²) in [6.45, 7) is 5.64. The Morgan fingerprint density at radius 1 is 1.10 bits per heavy atom. The van der Waals surface area contributed by atoms with Crippen molar-refractivity contribution in [1.29, 1.82) is 0 Å². The first kappa shape index (κ1) is 17.3. The van der Waals surface area contributed by atoms with E-state index in [1.54, 1.807) is 0 Å². The molecule has 4 heterocycles.